The van der Waals surface area contributed by atoms with Crippen LogP contribution in [0.25, 0.3) is 10.9 Å². The van der Waals surface area contributed by atoms with Crippen LogP contribution < -0.4 is 0 Å². The first kappa shape index (κ1) is 10.5. The number of aromatic nitrogens is 2. The Bertz CT molecular complexity index is 585. The standard InChI is InChI=1S/C13H15N3O/c1-9(14-2)13-12-10-5-3-4-6-11(10)15-16(12)7-8-17-13/h3-6,13H,7-8H2,1-2H3/t13-/m1/s1. The van der Waals surface area contributed by atoms with E-state index in [0.29, 0.717) is 6.61 Å². The lowest BCUT2D eigenvalue weighted by atomic mass is 10.1. The van der Waals surface area contributed by atoms with Crippen LogP contribution in [0, 0.1) is 0 Å². The predicted molar refractivity (Wildman–Crippen MR) is 67.5 cm³/mol. The van der Waals surface area contributed by atoms with Crippen molar-refractivity contribution < 1.29 is 4.74 Å². The van der Waals surface area contributed by atoms with E-state index in [9.17, 15) is 0 Å². The molecule has 0 bridgehead atoms. The van der Waals surface area contributed by atoms with Crippen molar-refractivity contribution >= 4 is 16.6 Å². The summed E-state index contributed by atoms with van der Waals surface area (Å²) in [4.78, 5) is 4.25. The first-order valence-electron chi connectivity index (χ1n) is 5.81. The molecule has 1 aromatic heterocycles. The topological polar surface area (TPSA) is 39.4 Å². The Morgan fingerprint density at radius 2 is 2.29 bits per heavy atom. The minimum Gasteiger partial charge on any atom is -0.364 e. The lowest BCUT2D eigenvalue weighted by Crippen LogP contribution is -2.26. The highest BCUT2D eigenvalue weighted by Gasteiger charge is 2.26. The van der Waals surface area contributed by atoms with Crippen LogP contribution >= 0.6 is 0 Å². The van der Waals surface area contributed by atoms with Crippen molar-refractivity contribution in [2.24, 2.45) is 4.99 Å². The molecule has 0 fully saturated rings. The second-order valence-corrected chi connectivity index (χ2v) is 4.24. The predicted octanol–water partition coefficient (Wildman–Crippen LogP) is 2.20. The summed E-state index contributed by atoms with van der Waals surface area (Å²) >= 11 is 0. The molecule has 2 heterocycles. The second kappa shape index (κ2) is 3.96. The zero-order valence-corrected chi connectivity index (χ0v) is 10.1. The minimum absolute atomic E-state index is 0.0545. The fraction of sp³-hybridized carbons (Fsp3) is 0.385. The van der Waals surface area contributed by atoms with Crippen molar-refractivity contribution in [1.82, 2.24) is 9.78 Å². The lowest BCUT2D eigenvalue weighted by molar-refractivity contribution is 0.0596. The molecule has 0 saturated carbocycles. The number of hydrogen-bond donors (Lipinski definition) is 0. The highest BCUT2D eigenvalue weighted by Crippen LogP contribution is 2.30. The molecule has 0 radical (unpaired) electrons. The first-order chi connectivity index (χ1) is 8.31. The van der Waals surface area contributed by atoms with Crippen molar-refractivity contribution in [3.8, 4) is 0 Å². The molecule has 1 atom stereocenters. The van der Waals surface area contributed by atoms with Gasteiger partial charge in [-0.3, -0.25) is 9.67 Å². The Morgan fingerprint density at radius 3 is 3.12 bits per heavy atom. The van der Waals surface area contributed by atoms with E-state index >= 15 is 0 Å². The van der Waals surface area contributed by atoms with E-state index in [4.69, 9.17) is 4.74 Å². The average Bonchev–Trinajstić information content (AvgIpc) is 2.76. The van der Waals surface area contributed by atoms with E-state index < -0.39 is 0 Å². The molecule has 0 amide bonds. The number of hydrogen-bond acceptors (Lipinski definition) is 3. The van der Waals surface area contributed by atoms with Gasteiger partial charge in [-0.1, -0.05) is 18.2 Å². The number of nitrogens with zero attached hydrogens (tertiary/aromatic N) is 3. The Labute approximate surface area is 99.9 Å². The maximum Gasteiger partial charge on any atom is 0.137 e. The molecule has 2 aromatic rings. The van der Waals surface area contributed by atoms with Gasteiger partial charge in [0.2, 0.25) is 0 Å². The third-order valence-electron chi connectivity index (χ3n) is 3.25. The number of fused-ring (bicyclic) bond motifs is 3. The van der Waals surface area contributed by atoms with Crippen molar-refractivity contribution in [3.63, 3.8) is 0 Å². The number of benzene rings is 1. The summed E-state index contributed by atoms with van der Waals surface area (Å²) in [6.07, 6.45) is -0.0545. The molecule has 0 saturated heterocycles. The highest BCUT2D eigenvalue weighted by molar-refractivity contribution is 5.92. The summed E-state index contributed by atoms with van der Waals surface area (Å²) in [5, 5.41) is 5.77. The van der Waals surface area contributed by atoms with E-state index in [1.807, 2.05) is 29.8 Å². The molecule has 0 spiro atoms. The number of rotatable bonds is 1. The van der Waals surface area contributed by atoms with Gasteiger partial charge in [-0.2, -0.15) is 5.10 Å². The van der Waals surface area contributed by atoms with Crippen LogP contribution in [0.4, 0.5) is 0 Å². The average molecular weight is 229 g/mol. The summed E-state index contributed by atoms with van der Waals surface area (Å²) in [6, 6.07) is 8.18. The Kier molecular flexibility index (Phi) is 2.44. The fourth-order valence-corrected chi connectivity index (χ4v) is 2.32. The van der Waals surface area contributed by atoms with Crippen LogP contribution in [0.5, 0.6) is 0 Å². The number of ether oxygens (including phenoxy) is 1. The van der Waals surface area contributed by atoms with E-state index in [0.717, 1.165) is 23.5 Å². The van der Waals surface area contributed by atoms with Crippen molar-refractivity contribution in [1.29, 1.82) is 0 Å². The molecule has 0 aliphatic carbocycles. The molecule has 1 aliphatic rings. The van der Waals surface area contributed by atoms with Gasteiger partial charge in [0, 0.05) is 18.1 Å². The van der Waals surface area contributed by atoms with Crippen LogP contribution in [0.15, 0.2) is 29.3 Å². The maximum atomic E-state index is 5.83. The van der Waals surface area contributed by atoms with Crippen molar-refractivity contribution in [2.75, 3.05) is 13.7 Å². The summed E-state index contributed by atoms with van der Waals surface area (Å²) in [7, 11) is 1.80. The van der Waals surface area contributed by atoms with Crippen molar-refractivity contribution in [2.45, 2.75) is 19.6 Å². The highest BCUT2D eigenvalue weighted by atomic mass is 16.5. The third kappa shape index (κ3) is 1.56. The molecule has 3 rings (SSSR count). The normalized spacial score (nSPS) is 20.6. The molecular formula is C13H15N3O. The van der Waals surface area contributed by atoms with E-state index in [2.05, 4.69) is 16.2 Å². The van der Waals surface area contributed by atoms with Crippen LogP contribution in [0.2, 0.25) is 0 Å². The first-order valence-corrected chi connectivity index (χ1v) is 5.81. The smallest absolute Gasteiger partial charge is 0.137 e. The summed E-state index contributed by atoms with van der Waals surface area (Å²) in [6.45, 7) is 3.51. The third-order valence-corrected chi connectivity index (χ3v) is 3.25. The van der Waals surface area contributed by atoms with Crippen molar-refractivity contribution in [3.05, 3.63) is 30.0 Å². The second-order valence-electron chi connectivity index (χ2n) is 4.24. The molecule has 88 valence electrons. The van der Waals surface area contributed by atoms with Gasteiger partial charge in [-0.05, 0) is 13.0 Å². The molecule has 1 aliphatic heterocycles. The monoisotopic (exact) mass is 229 g/mol. The lowest BCUT2D eigenvalue weighted by Gasteiger charge is -2.24. The zero-order valence-electron chi connectivity index (χ0n) is 10.1. The maximum absolute atomic E-state index is 5.83. The van der Waals surface area contributed by atoms with Crippen LogP contribution in [-0.2, 0) is 11.3 Å². The van der Waals surface area contributed by atoms with Gasteiger partial charge < -0.3 is 4.74 Å². The Morgan fingerprint density at radius 1 is 1.47 bits per heavy atom. The minimum atomic E-state index is -0.0545. The summed E-state index contributed by atoms with van der Waals surface area (Å²) < 4.78 is 7.88. The molecule has 0 unspecified atom stereocenters. The summed E-state index contributed by atoms with van der Waals surface area (Å²) in [5.41, 5.74) is 3.16. The van der Waals surface area contributed by atoms with Gasteiger partial charge in [0.15, 0.2) is 0 Å². The molecule has 4 nitrogen and oxygen atoms in total. The fourth-order valence-electron chi connectivity index (χ4n) is 2.32. The van der Waals surface area contributed by atoms with E-state index in [1.165, 1.54) is 5.39 Å². The van der Waals surface area contributed by atoms with Gasteiger partial charge in [0.1, 0.15) is 6.10 Å². The van der Waals surface area contributed by atoms with Gasteiger partial charge in [-0.25, -0.2) is 0 Å². The van der Waals surface area contributed by atoms with E-state index in [-0.39, 0.29) is 6.10 Å². The molecule has 17 heavy (non-hydrogen) atoms. The largest absolute Gasteiger partial charge is 0.364 e. The zero-order chi connectivity index (χ0) is 11.8. The SMILES string of the molecule is CN=C(C)[C@H]1OCCn2nc3ccccc3c21. The van der Waals surface area contributed by atoms with Gasteiger partial charge in [-0.15, -0.1) is 0 Å². The quantitative estimate of drug-likeness (QED) is 0.703. The molecule has 4 heteroatoms. The van der Waals surface area contributed by atoms with Crippen LogP contribution in [0.1, 0.15) is 18.7 Å². The van der Waals surface area contributed by atoms with Gasteiger partial charge in [0.05, 0.1) is 24.4 Å². The van der Waals surface area contributed by atoms with Crippen LogP contribution in [0.3, 0.4) is 0 Å². The summed E-state index contributed by atoms with van der Waals surface area (Å²) in [5.74, 6) is 0. The molecular weight excluding hydrogens is 214 g/mol. The van der Waals surface area contributed by atoms with Gasteiger partial charge in [0.25, 0.3) is 0 Å². The van der Waals surface area contributed by atoms with Crippen LogP contribution in [-0.4, -0.2) is 29.1 Å². The Hall–Kier alpha value is -1.68. The Balaban J connectivity index is 2.24. The molecule has 1 aromatic carbocycles. The van der Waals surface area contributed by atoms with Gasteiger partial charge >= 0.3 is 0 Å². The number of aliphatic imine (C=N–C) groups is 1. The van der Waals surface area contributed by atoms with E-state index in [1.54, 1.807) is 7.05 Å². The molecule has 0 N–H and O–H groups in total.